The third-order valence-corrected chi connectivity index (χ3v) is 6.95. The van der Waals surface area contributed by atoms with Crippen molar-refractivity contribution in [3.8, 4) is 5.75 Å². The summed E-state index contributed by atoms with van der Waals surface area (Å²) in [6, 6.07) is 14.5. The van der Waals surface area contributed by atoms with Crippen molar-refractivity contribution >= 4 is 23.7 Å². The van der Waals surface area contributed by atoms with E-state index in [1.165, 1.54) is 6.08 Å². The molecule has 0 radical (unpaired) electrons. The summed E-state index contributed by atoms with van der Waals surface area (Å²) in [7, 11) is 0. The Bertz CT molecular complexity index is 1150. The molecular formula is C28H30N2O6. The first-order chi connectivity index (χ1) is 17.5. The maximum Gasteiger partial charge on any atom is 0.267 e. The van der Waals surface area contributed by atoms with Gasteiger partial charge in [-0.25, -0.2) is 10.3 Å². The average molecular weight is 491 g/mol. The highest BCUT2D eigenvalue weighted by Crippen LogP contribution is 2.40. The molecule has 2 saturated heterocycles. The number of benzene rings is 2. The van der Waals surface area contributed by atoms with Crippen molar-refractivity contribution in [1.29, 1.82) is 0 Å². The standard InChI is InChI=1S/C28H30N2O6/c31-23-19-28(13-15-30(16-14-28)27(33)21-6-2-1-3-7-21)35-24-18-20(9-11-22(23)24)10-12-25(32)29-36-26-8-4-5-17-34-26/h1-3,6-7,9-12,18,26H,4-5,8,13-17,19H2,(H,29,32)/b12-10+. The van der Waals surface area contributed by atoms with E-state index in [-0.39, 0.29) is 11.7 Å². The van der Waals surface area contributed by atoms with E-state index in [1.54, 1.807) is 24.3 Å². The van der Waals surface area contributed by atoms with E-state index in [0.717, 1.165) is 24.8 Å². The normalized spacial score (nSPS) is 21.2. The molecule has 1 spiro atoms. The molecule has 188 valence electrons. The van der Waals surface area contributed by atoms with Crippen molar-refractivity contribution in [1.82, 2.24) is 10.4 Å². The number of hydroxylamine groups is 1. The molecule has 1 unspecified atom stereocenters. The number of likely N-dealkylation sites (tertiary alicyclic amines) is 1. The molecule has 5 rings (SSSR count). The van der Waals surface area contributed by atoms with Crippen LogP contribution in [-0.2, 0) is 14.4 Å². The van der Waals surface area contributed by atoms with Crippen molar-refractivity contribution in [2.75, 3.05) is 19.7 Å². The summed E-state index contributed by atoms with van der Waals surface area (Å²) < 4.78 is 11.8. The lowest BCUT2D eigenvalue weighted by molar-refractivity contribution is -0.198. The zero-order valence-corrected chi connectivity index (χ0v) is 20.1. The Balaban J connectivity index is 1.20. The Kier molecular flexibility index (Phi) is 7.16. The molecule has 3 aliphatic heterocycles. The van der Waals surface area contributed by atoms with Crippen molar-refractivity contribution in [3.05, 3.63) is 71.3 Å². The maximum atomic E-state index is 12.9. The lowest BCUT2D eigenvalue weighted by atomic mass is 9.82. The predicted molar refractivity (Wildman–Crippen MR) is 132 cm³/mol. The van der Waals surface area contributed by atoms with Crippen LogP contribution in [0.5, 0.6) is 5.75 Å². The number of ether oxygens (including phenoxy) is 2. The van der Waals surface area contributed by atoms with Crippen LogP contribution < -0.4 is 10.2 Å². The zero-order valence-electron chi connectivity index (χ0n) is 20.1. The van der Waals surface area contributed by atoms with E-state index in [9.17, 15) is 14.4 Å². The summed E-state index contributed by atoms with van der Waals surface area (Å²) in [5.74, 6) is 0.153. The Morgan fingerprint density at radius 1 is 1.08 bits per heavy atom. The number of carbonyl (C=O) groups excluding carboxylic acids is 3. The summed E-state index contributed by atoms with van der Waals surface area (Å²) >= 11 is 0. The molecular weight excluding hydrogens is 460 g/mol. The van der Waals surface area contributed by atoms with Crippen LogP contribution in [0.1, 0.15) is 64.8 Å². The van der Waals surface area contributed by atoms with Crippen molar-refractivity contribution in [3.63, 3.8) is 0 Å². The second-order valence-corrected chi connectivity index (χ2v) is 9.51. The molecule has 2 aromatic rings. The minimum Gasteiger partial charge on any atom is -0.486 e. The van der Waals surface area contributed by atoms with Crippen LogP contribution in [0, 0.1) is 0 Å². The van der Waals surface area contributed by atoms with E-state index >= 15 is 0 Å². The lowest BCUT2D eigenvalue weighted by Gasteiger charge is -2.44. The number of ketones is 1. The first-order valence-electron chi connectivity index (χ1n) is 12.5. The van der Waals surface area contributed by atoms with E-state index in [2.05, 4.69) is 5.48 Å². The Morgan fingerprint density at radius 2 is 1.89 bits per heavy atom. The molecule has 0 bridgehead atoms. The maximum absolute atomic E-state index is 12.9. The highest BCUT2D eigenvalue weighted by molar-refractivity contribution is 6.01. The van der Waals surface area contributed by atoms with Gasteiger partial charge in [-0.15, -0.1) is 0 Å². The largest absolute Gasteiger partial charge is 0.486 e. The van der Waals surface area contributed by atoms with E-state index in [1.807, 2.05) is 35.2 Å². The Hall–Kier alpha value is -3.49. The van der Waals surface area contributed by atoms with Gasteiger partial charge in [0.25, 0.3) is 11.8 Å². The molecule has 2 aromatic carbocycles. The first kappa shape index (κ1) is 24.2. The van der Waals surface area contributed by atoms with Gasteiger partial charge in [0.2, 0.25) is 0 Å². The molecule has 8 heteroatoms. The third-order valence-electron chi connectivity index (χ3n) is 6.95. The van der Waals surface area contributed by atoms with Crippen molar-refractivity contribution in [2.24, 2.45) is 0 Å². The van der Waals surface area contributed by atoms with Crippen LogP contribution in [0.25, 0.3) is 6.08 Å². The number of fused-ring (bicyclic) bond motifs is 1. The van der Waals surface area contributed by atoms with E-state index < -0.39 is 17.8 Å². The Morgan fingerprint density at radius 3 is 2.64 bits per heavy atom. The summed E-state index contributed by atoms with van der Waals surface area (Å²) in [5, 5.41) is 0. The predicted octanol–water partition coefficient (Wildman–Crippen LogP) is 3.91. The molecule has 3 aliphatic rings. The molecule has 0 aromatic heterocycles. The highest BCUT2D eigenvalue weighted by atomic mass is 16.8. The quantitative estimate of drug-likeness (QED) is 0.505. The van der Waals surface area contributed by atoms with Gasteiger partial charge in [0.15, 0.2) is 12.1 Å². The topological polar surface area (TPSA) is 94.2 Å². The van der Waals surface area contributed by atoms with E-state index in [4.69, 9.17) is 14.3 Å². The molecule has 36 heavy (non-hydrogen) atoms. The number of rotatable bonds is 5. The van der Waals surface area contributed by atoms with Gasteiger partial charge in [-0.3, -0.25) is 14.4 Å². The number of amides is 2. The molecule has 2 fully saturated rings. The number of hydrogen-bond acceptors (Lipinski definition) is 6. The summed E-state index contributed by atoms with van der Waals surface area (Å²) in [5.41, 5.74) is 3.72. The smallest absolute Gasteiger partial charge is 0.267 e. The molecule has 1 atom stereocenters. The minimum absolute atomic E-state index is 0.00212. The van der Waals surface area contributed by atoms with Crippen LogP contribution >= 0.6 is 0 Å². The Labute approximate surface area is 210 Å². The van der Waals surface area contributed by atoms with Crippen molar-refractivity contribution < 1.29 is 28.7 Å². The van der Waals surface area contributed by atoms with Crippen LogP contribution in [0.4, 0.5) is 0 Å². The summed E-state index contributed by atoms with van der Waals surface area (Å²) in [6.45, 7) is 1.69. The molecule has 0 aliphatic carbocycles. The molecule has 1 N–H and O–H groups in total. The van der Waals surface area contributed by atoms with Gasteiger partial charge in [-0.2, -0.15) is 0 Å². The van der Waals surface area contributed by atoms with Gasteiger partial charge < -0.3 is 14.4 Å². The fourth-order valence-electron chi connectivity index (χ4n) is 4.91. The second-order valence-electron chi connectivity index (χ2n) is 9.51. The van der Waals surface area contributed by atoms with Gasteiger partial charge in [0, 0.05) is 50.6 Å². The van der Waals surface area contributed by atoms with Crippen molar-refractivity contribution in [2.45, 2.75) is 50.4 Å². The SMILES string of the molecule is O=C(/C=C/c1ccc2c(c1)OC1(CCN(C(=O)c3ccccc3)CC1)CC2=O)NOC1CCCCO1. The highest BCUT2D eigenvalue weighted by Gasteiger charge is 2.43. The monoisotopic (exact) mass is 490 g/mol. The van der Waals surface area contributed by atoms with Crippen LogP contribution in [0.2, 0.25) is 0 Å². The number of hydrogen-bond donors (Lipinski definition) is 1. The van der Waals surface area contributed by atoms with Crippen LogP contribution in [0.15, 0.2) is 54.6 Å². The summed E-state index contributed by atoms with van der Waals surface area (Å²) in [4.78, 5) is 45.0. The third kappa shape index (κ3) is 5.50. The van der Waals surface area contributed by atoms with Gasteiger partial charge in [0.1, 0.15) is 11.4 Å². The van der Waals surface area contributed by atoms with Crippen LogP contribution in [0.3, 0.4) is 0 Å². The van der Waals surface area contributed by atoms with Gasteiger partial charge in [0.05, 0.1) is 12.0 Å². The van der Waals surface area contributed by atoms with Gasteiger partial charge >= 0.3 is 0 Å². The molecule has 0 saturated carbocycles. The van der Waals surface area contributed by atoms with Gasteiger partial charge in [-0.1, -0.05) is 24.3 Å². The molecule has 2 amide bonds. The molecule has 8 nitrogen and oxygen atoms in total. The fourth-order valence-corrected chi connectivity index (χ4v) is 4.91. The fraction of sp³-hybridized carbons (Fsp3) is 0.393. The number of nitrogens with one attached hydrogen (secondary N) is 1. The minimum atomic E-state index is -0.620. The zero-order chi connectivity index (χ0) is 25.0. The number of Topliss-reactive ketones (excluding diaryl/α,β-unsaturated/α-hetero) is 1. The number of nitrogens with zero attached hydrogens (tertiary/aromatic N) is 1. The molecule has 3 heterocycles. The number of carbonyl (C=O) groups is 3. The first-order valence-corrected chi connectivity index (χ1v) is 12.5. The average Bonchev–Trinajstić information content (AvgIpc) is 2.91. The second kappa shape index (κ2) is 10.6. The van der Waals surface area contributed by atoms with Crippen LogP contribution in [-0.4, -0.2) is 54.1 Å². The van der Waals surface area contributed by atoms with E-state index in [0.29, 0.717) is 55.8 Å². The lowest BCUT2D eigenvalue weighted by Crippen LogP contribution is -2.52. The summed E-state index contributed by atoms with van der Waals surface area (Å²) in [6.07, 6.45) is 6.83. The van der Waals surface area contributed by atoms with Gasteiger partial charge in [-0.05, 0) is 48.7 Å². The number of piperidine rings is 1.